The summed E-state index contributed by atoms with van der Waals surface area (Å²) in [5, 5.41) is 4.07. The predicted octanol–water partition coefficient (Wildman–Crippen LogP) is 2.41. The van der Waals surface area contributed by atoms with Crippen molar-refractivity contribution in [1.29, 1.82) is 0 Å². The minimum absolute atomic E-state index is 0.0354. The lowest BCUT2D eigenvalue weighted by Gasteiger charge is -2.29. The summed E-state index contributed by atoms with van der Waals surface area (Å²) >= 11 is 0. The van der Waals surface area contributed by atoms with E-state index in [9.17, 15) is 8.42 Å². The molecule has 3 aromatic rings. The fourth-order valence-electron chi connectivity index (χ4n) is 3.26. The Labute approximate surface area is 168 Å². The van der Waals surface area contributed by atoms with E-state index in [-0.39, 0.29) is 10.8 Å². The highest BCUT2D eigenvalue weighted by Gasteiger charge is 2.32. The summed E-state index contributed by atoms with van der Waals surface area (Å²) in [6, 6.07) is 6.42. The highest BCUT2D eigenvalue weighted by molar-refractivity contribution is 7.89. The average molecular weight is 415 g/mol. The molecule has 152 valence electrons. The van der Waals surface area contributed by atoms with Crippen molar-refractivity contribution in [3.05, 3.63) is 48.2 Å². The van der Waals surface area contributed by atoms with E-state index in [0.717, 1.165) is 5.69 Å². The van der Waals surface area contributed by atoms with Crippen molar-refractivity contribution in [3.8, 4) is 17.3 Å². The van der Waals surface area contributed by atoms with E-state index < -0.39 is 10.0 Å². The van der Waals surface area contributed by atoms with E-state index in [1.807, 2.05) is 6.92 Å². The van der Waals surface area contributed by atoms with Crippen molar-refractivity contribution in [3.63, 3.8) is 0 Å². The van der Waals surface area contributed by atoms with Gasteiger partial charge in [0.1, 0.15) is 11.4 Å². The molecule has 0 amide bonds. The lowest BCUT2D eigenvalue weighted by atomic mass is 9.97. The zero-order valence-corrected chi connectivity index (χ0v) is 17.0. The number of aromatic nitrogens is 4. The van der Waals surface area contributed by atoms with Crippen LogP contribution in [0.1, 0.15) is 30.3 Å². The Kier molecular flexibility index (Phi) is 5.29. The minimum Gasteiger partial charge on any atom is -0.497 e. The number of nitrogens with zero attached hydrogens (tertiary/aromatic N) is 5. The molecule has 1 aliphatic rings. The molecule has 3 heterocycles. The van der Waals surface area contributed by atoms with Crippen molar-refractivity contribution in [2.45, 2.75) is 30.6 Å². The van der Waals surface area contributed by atoms with Crippen LogP contribution >= 0.6 is 0 Å². The van der Waals surface area contributed by atoms with E-state index in [4.69, 9.17) is 9.26 Å². The number of hydrogen-bond donors (Lipinski definition) is 0. The summed E-state index contributed by atoms with van der Waals surface area (Å²) in [5.41, 5.74) is 1.33. The Morgan fingerprint density at radius 1 is 1.10 bits per heavy atom. The Hall–Kier alpha value is -2.85. The molecule has 10 heteroatoms. The molecular weight excluding hydrogens is 394 g/mol. The van der Waals surface area contributed by atoms with Crippen LogP contribution in [0.15, 0.2) is 46.1 Å². The largest absolute Gasteiger partial charge is 0.497 e. The zero-order valence-electron chi connectivity index (χ0n) is 16.1. The molecule has 0 atom stereocenters. The summed E-state index contributed by atoms with van der Waals surface area (Å²) < 4.78 is 37.6. The Balaban J connectivity index is 1.43. The maximum atomic E-state index is 12.9. The molecule has 1 aliphatic heterocycles. The molecule has 29 heavy (non-hydrogen) atoms. The topological polar surface area (TPSA) is 111 Å². The van der Waals surface area contributed by atoms with Gasteiger partial charge in [-0.25, -0.2) is 13.4 Å². The highest BCUT2D eigenvalue weighted by atomic mass is 32.2. The molecule has 0 N–H and O–H groups in total. The Morgan fingerprint density at radius 2 is 1.83 bits per heavy atom. The number of sulfonamides is 1. The van der Waals surface area contributed by atoms with Gasteiger partial charge in [0.2, 0.25) is 10.0 Å². The monoisotopic (exact) mass is 415 g/mol. The third kappa shape index (κ3) is 3.99. The molecule has 1 saturated heterocycles. The molecule has 0 unspecified atom stereocenters. The van der Waals surface area contributed by atoms with Crippen LogP contribution in [0.3, 0.4) is 0 Å². The van der Waals surface area contributed by atoms with Gasteiger partial charge in [-0.1, -0.05) is 5.16 Å². The van der Waals surface area contributed by atoms with Gasteiger partial charge in [0, 0.05) is 25.2 Å². The van der Waals surface area contributed by atoms with Gasteiger partial charge in [0.05, 0.1) is 23.9 Å². The summed E-state index contributed by atoms with van der Waals surface area (Å²) in [4.78, 5) is 13.1. The maximum absolute atomic E-state index is 12.9. The first-order valence-electron chi connectivity index (χ1n) is 9.24. The molecule has 9 nitrogen and oxygen atoms in total. The second kappa shape index (κ2) is 7.88. The van der Waals surface area contributed by atoms with E-state index >= 15 is 0 Å². The van der Waals surface area contributed by atoms with Crippen molar-refractivity contribution < 1.29 is 17.7 Å². The second-order valence-corrected chi connectivity index (χ2v) is 8.79. The standard InChI is InChI=1S/C19H21N5O4S/c1-13-11-21-17(12-20-13)19-22-18(23-28-19)14-7-9-24(10-8-14)29(25,26)16-5-3-15(27-2)4-6-16/h3-6,11-12,14H,7-10H2,1-2H3. The summed E-state index contributed by atoms with van der Waals surface area (Å²) in [6.07, 6.45) is 4.47. The van der Waals surface area contributed by atoms with Gasteiger partial charge < -0.3 is 9.26 Å². The first-order valence-corrected chi connectivity index (χ1v) is 10.7. The van der Waals surface area contributed by atoms with Crippen LogP contribution in [-0.4, -0.2) is 53.0 Å². The number of benzene rings is 1. The summed E-state index contributed by atoms with van der Waals surface area (Å²) in [6.45, 7) is 2.64. The van der Waals surface area contributed by atoms with Crippen molar-refractivity contribution in [2.75, 3.05) is 20.2 Å². The van der Waals surface area contributed by atoms with E-state index in [0.29, 0.717) is 49.1 Å². The number of aryl methyl sites for hydroxylation is 1. The van der Waals surface area contributed by atoms with E-state index in [2.05, 4.69) is 20.1 Å². The molecule has 1 aromatic carbocycles. The highest BCUT2D eigenvalue weighted by Crippen LogP contribution is 2.30. The van der Waals surface area contributed by atoms with Gasteiger partial charge in [-0.2, -0.15) is 9.29 Å². The molecule has 0 saturated carbocycles. The quantitative estimate of drug-likeness (QED) is 0.625. The zero-order chi connectivity index (χ0) is 20.4. The predicted molar refractivity (Wildman–Crippen MR) is 104 cm³/mol. The second-order valence-electron chi connectivity index (χ2n) is 6.85. The molecular formula is C19H21N5O4S. The van der Waals surface area contributed by atoms with Gasteiger partial charge in [0.25, 0.3) is 5.89 Å². The first kappa shape index (κ1) is 19.5. The molecule has 0 radical (unpaired) electrons. The van der Waals surface area contributed by atoms with Gasteiger partial charge in [-0.3, -0.25) is 4.98 Å². The van der Waals surface area contributed by atoms with Crippen LogP contribution in [-0.2, 0) is 10.0 Å². The number of ether oxygens (including phenoxy) is 1. The van der Waals surface area contributed by atoms with Crippen LogP contribution < -0.4 is 4.74 Å². The third-order valence-electron chi connectivity index (χ3n) is 4.96. The van der Waals surface area contributed by atoms with Crippen molar-refractivity contribution in [2.24, 2.45) is 0 Å². The van der Waals surface area contributed by atoms with Gasteiger partial charge in [0.15, 0.2) is 5.82 Å². The number of methoxy groups -OCH3 is 1. The smallest absolute Gasteiger partial charge is 0.278 e. The Bertz CT molecular complexity index is 1070. The molecule has 4 rings (SSSR count). The molecule has 0 bridgehead atoms. The first-order chi connectivity index (χ1) is 14.0. The third-order valence-corrected chi connectivity index (χ3v) is 6.87. The minimum atomic E-state index is -3.54. The van der Waals surface area contributed by atoms with E-state index in [1.165, 1.54) is 4.31 Å². The number of hydrogen-bond acceptors (Lipinski definition) is 8. The fraction of sp³-hybridized carbons (Fsp3) is 0.368. The lowest BCUT2D eigenvalue weighted by Crippen LogP contribution is -2.38. The molecule has 1 fully saturated rings. The fourth-order valence-corrected chi connectivity index (χ4v) is 4.73. The number of piperidine rings is 1. The molecule has 2 aromatic heterocycles. The molecule has 0 spiro atoms. The summed E-state index contributed by atoms with van der Waals surface area (Å²) in [5.74, 6) is 1.55. The van der Waals surface area contributed by atoms with Crippen molar-refractivity contribution in [1.82, 2.24) is 24.4 Å². The SMILES string of the molecule is COc1ccc(S(=O)(=O)N2CCC(c3noc(-c4cnc(C)cn4)n3)CC2)cc1. The lowest BCUT2D eigenvalue weighted by molar-refractivity contribution is 0.307. The number of rotatable bonds is 5. The summed E-state index contributed by atoms with van der Waals surface area (Å²) in [7, 11) is -1.99. The maximum Gasteiger partial charge on any atom is 0.278 e. The Morgan fingerprint density at radius 3 is 2.45 bits per heavy atom. The van der Waals surface area contributed by atoms with Gasteiger partial charge in [-0.15, -0.1) is 0 Å². The van der Waals surface area contributed by atoms with Gasteiger partial charge >= 0.3 is 0 Å². The normalized spacial score (nSPS) is 16.1. The van der Waals surface area contributed by atoms with Crippen LogP contribution in [0, 0.1) is 6.92 Å². The molecule has 0 aliphatic carbocycles. The van der Waals surface area contributed by atoms with E-state index in [1.54, 1.807) is 43.8 Å². The van der Waals surface area contributed by atoms with Crippen LogP contribution in [0.4, 0.5) is 0 Å². The van der Waals surface area contributed by atoms with Crippen molar-refractivity contribution >= 4 is 10.0 Å². The van der Waals surface area contributed by atoms with Crippen LogP contribution in [0.2, 0.25) is 0 Å². The van der Waals surface area contributed by atoms with Crippen LogP contribution in [0.5, 0.6) is 5.75 Å². The van der Waals surface area contributed by atoms with Gasteiger partial charge in [-0.05, 0) is 44.0 Å². The van der Waals surface area contributed by atoms with Crippen LogP contribution in [0.25, 0.3) is 11.6 Å². The average Bonchev–Trinajstić information content (AvgIpc) is 3.24.